The fraction of sp³-hybridized carbons (Fsp3) is 0.136. The lowest BCUT2D eigenvalue weighted by Gasteiger charge is -2.24. The van der Waals surface area contributed by atoms with Crippen LogP contribution in [0.3, 0.4) is 0 Å². The molecule has 0 spiro atoms. The van der Waals surface area contributed by atoms with Crippen LogP contribution in [0, 0.1) is 5.82 Å². The van der Waals surface area contributed by atoms with Crippen molar-refractivity contribution in [3.8, 4) is 0 Å². The van der Waals surface area contributed by atoms with Crippen LogP contribution in [-0.4, -0.2) is 27.4 Å². The summed E-state index contributed by atoms with van der Waals surface area (Å²) in [5, 5.41) is 2.76. The molecule has 3 aromatic carbocycles. The SMILES string of the molecule is O=C(CN(c1ccccc1)S(=O)(=O)c1ccc(F)cc1)NCCc1ccccc1. The minimum Gasteiger partial charge on any atom is -0.354 e. The van der Waals surface area contributed by atoms with Crippen LogP contribution in [0.1, 0.15) is 5.56 Å². The van der Waals surface area contributed by atoms with Gasteiger partial charge in [-0.3, -0.25) is 9.10 Å². The van der Waals surface area contributed by atoms with E-state index in [9.17, 15) is 17.6 Å². The number of sulfonamides is 1. The van der Waals surface area contributed by atoms with Gasteiger partial charge in [0.1, 0.15) is 12.4 Å². The van der Waals surface area contributed by atoms with Crippen molar-refractivity contribution in [2.24, 2.45) is 0 Å². The van der Waals surface area contributed by atoms with E-state index in [4.69, 9.17) is 0 Å². The monoisotopic (exact) mass is 412 g/mol. The number of carbonyl (C=O) groups excluding carboxylic acids is 1. The molecule has 0 heterocycles. The summed E-state index contributed by atoms with van der Waals surface area (Å²) in [5.74, 6) is -0.954. The van der Waals surface area contributed by atoms with Crippen molar-refractivity contribution in [1.29, 1.82) is 0 Å². The van der Waals surface area contributed by atoms with Crippen molar-refractivity contribution in [3.63, 3.8) is 0 Å². The number of hydrogen-bond acceptors (Lipinski definition) is 3. The summed E-state index contributed by atoms with van der Waals surface area (Å²) in [6, 6.07) is 22.6. The van der Waals surface area contributed by atoms with E-state index in [-0.39, 0.29) is 11.4 Å². The Hall–Kier alpha value is -3.19. The molecule has 0 aliphatic rings. The zero-order valence-corrected chi connectivity index (χ0v) is 16.5. The first-order valence-electron chi connectivity index (χ1n) is 9.11. The molecule has 5 nitrogen and oxygen atoms in total. The molecule has 0 saturated heterocycles. The number of para-hydroxylation sites is 1. The van der Waals surface area contributed by atoms with Crippen LogP contribution >= 0.6 is 0 Å². The standard InChI is InChI=1S/C22H21FN2O3S/c23-19-11-13-21(14-12-19)29(27,28)25(20-9-5-2-6-10-20)17-22(26)24-16-15-18-7-3-1-4-8-18/h1-14H,15-17H2,(H,24,26). The van der Waals surface area contributed by atoms with Gasteiger partial charge in [0.05, 0.1) is 10.6 Å². The number of halogens is 1. The molecule has 0 unspecified atom stereocenters. The van der Waals surface area contributed by atoms with Crippen molar-refractivity contribution in [2.45, 2.75) is 11.3 Å². The van der Waals surface area contributed by atoms with Gasteiger partial charge < -0.3 is 5.32 Å². The van der Waals surface area contributed by atoms with E-state index in [0.717, 1.165) is 22.0 Å². The summed E-state index contributed by atoms with van der Waals surface area (Å²) < 4.78 is 40.4. The highest BCUT2D eigenvalue weighted by atomic mass is 32.2. The molecule has 0 fully saturated rings. The number of nitrogens with one attached hydrogen (secondary N) is 1. The fourth-order valence-corrected chi connectivity index (χ4v) is 4.24. The minimum absolute atomic E-state index is 0.0835. The molecule has 0 aliphatic heterocycles. The molecule has 150 valence electrons. The van der Waals surface area contributed by atoms with Gasteiger partial charge in [-0.05, 0) is 48.4 Å². The molecule has 0 radical (unpaired) electrons. The molecule has 1 N–H and O–H groups in total. The van der Waals surface area contributed by atoms with Crippen LogP contribution in [0.25, 0.3) is 0 Å². The lowest BCUT2D eigenvalue weighted by atomic mass is 10.1. The van der Waals surface area contributed by atoms with Crippen LogP contribution in [0.4, 0.5) is 10.1 Å². The Morgan fingerprint density at radius 1 is 0.862 bits per heavy atom. The largest absolute Gasteiger partial charge is 0.354 e. The second kappa shape index (κ2) is 9.34. The Morgan fingerprint density at radius 3 is 2.07 bits per heavy atom. The van der Waals surface area contributed by atoms with Crippen molar-refractivity contribution in [3.05, 3.63) is 96.3 Å². The topological polar surface area (TPSA) is 66.5 Å². The zero-order valence-electron chi connectivity index (χ0n) is 15.7. The summed E-state index contributed by atoms with van der Waals surface area (Å²) in [7, 11) is -4.04. The van der Waals surface area contributed by atoms with Crippen molar-refractivity contribution < 1.29 is 17.6 Å². The summed E-state index contributed by atoms with van der Waals surface area (Å²) in [6.07, 6.45) is 0.641. The Balaban J connectivity index is 1.75. The van der Waals surface area contributed by atoms with Gasteiger partial charge in [-0.2, -0.15) is 0 Å². The van der Waals surface area contributed by atoms with Gasteiger partial charge in [0.2, 0.25) is 5.91 Å². The second-order valence-electron chi connectivity index (χ2n) is 6.39. The molecule has 3 aromatic rings. The minimum atomic E-state index is -4.04. The first-order valence-corrected chi connectivity index (χ1v) is 10.5. The first kappa shape index (κ1) is 20.5. The van der Waals surface area contributed by atoms with E-state index in [1.807, 2.05) is 30.3 Å². The summed E-state index contributed by atoms with van der Waals surface area (Å²) in [6.45, 7) is 0.0145. The maximum absolute atomic E-state index is 13.2. The van der Waals surface area contributed by atoms with Gasteiger partial charge in [-0.1, -0.05) is 48.5 Å². The fourth-order valence-electron chi connectivity index (χ4n) is 2.82. The van der Waals surface area contributed by atoms with Gasteiger partial charge in [-0.15, -0.1) is 0 Å². The summed E-state index contributed by atoms with van der Waals surface area (Å²) in [5.41, 5.74) is 1.43. The number of benzene rings is 3. The third-order valence-electron chi connectivity index (χ3n) is 4.31. The Kier molecular flexibility index (Phi) is 6.61. The third-order valence-corrected chi connectivity index (χ3v) is 6.10. The van der Waals surface area contributed by atoms with Crippen LogP contribution in [-0.2, 0) is 21.2 Å². The molecule has 3 rings (SSSR count). The Bertz CT molecular complexity index is 1040. The molecule has 0 bridgehead atoms. The number of nitrogens with zero attached hydrogens (tertiary/aromatic N) is 1. The third kappa shape index (κ3) is 5.42. The average Bonchev–Trinajstić information content (AvgIpc) is 2.73. The average molecular weight is 412 g/mol. The zero-order chi connectivity index (χ0) is 20.7. The van der Waals surface area contributed by atoms with E-state index < -0.39 is 21.7 Å². The highest BCUT2D eigenvalue weighted by Gasteiger charge is 2.27. The lowest BCUT2D eigenvalue weighted by molar-refractivity contribution is -0.119. The van der Waals surface area contributed by atoms with Gasteiger partial charge in [0.25, 0.3) is 10.0 Å². The van der Waals surface area contributed by atoms with Crippen molar-refractivity contribution in [1.82, 2.24) is 5.32 Å². The first-order chi connectivity index (χ1) is 14.0. The number of carbonyl (C=O) groups is 1. The molecule has 0 aliphatic carbocycles. The van der Waals surface area contributed by atoms with Gasteiger partial charge >= 0.3 is 0 Å². The van der Waals surface area contributed by atoms with Crippen LogP contribution in [0.15, 0.2) is 89.8 Å². The predicted octanol–water partition coefficient (Wildman–Crippen LogP) is 3.38. The molecular weight excluding hydrogens is 391 g/mol. The highest BCUT2D eigenvalue weighted by Crippen LogP contribution is 2.23. The number of hydrogen-bond donors (Lipinski definition) is 1. The lowest BCUT2D eigenvalue weighted by Crippen LogP contribution is -2.41. The van der Waals surface area contributed by atoms with E-state index in [0.29, 0.717) is 18.7 Å². The number of anilines is 1. The van der Waals surface area contributed by atoms with Gasteiger partial charge in [0.15, 0.2) is 0 Å². The van der Waals surface area contributed by atoms with Gasteiger partial charge in [0, 0.05) is 6.54 Å². The second-order valence-corrected chi connectivity index (χ2v) is 8.25. The Labute approximate surface area is 169 Å². The molecular formula is C22H21FN2O3S. The van der Waals surface area contributed by atoms with Crippen molar-refractivity contribution >= 4 is 21.6 Å². The normalized spacial score (nSPS) is 11.1. The van der Waals surface area contributed by atoms with E-state index in [1.54, 1.807) is 30.3 Å². The van der Waals surface area contributed by atoms with Crippen LogP contribution < -0.4 is 9.62 Å². The molecule has 7 heteroatoms. The molecule has 1 amide bonds. The smallest absolute Gasteiger partial charge is 0.264 e. The van der Waals surface area contributed by atoms with E-state index in [2.05, 4.69) is 5.32 Å². The maximum atomic E-state index is 13.2. The van der Waals surface area contributed by atoms with Crippen LogP contribution in [0.5, 0.6) is 0 Å². The Morgan fingerprint density at radius 2 is 1.45 bits per heavy atom. The molecule has 0 saturated carbocycles. The number of rotatable bonds is 8. The van der Waals surface area contributed by atoms with Crippen LogP contribution in [0.2, 0.25) is 0 Å². The van der Waals surface area contributed by atoms with E-state index >= 15 is 0 Å². The van der Waals surface area contributed by atoms with Crippen molar-refractivity contribution in [2.75, 3.05) is 17.4 Å². The molecule has 0 aromatic heterocycles. The predicted molar refractivity (Wildman–Crippen MR) is 111 cm³/mol. The summed E-state index contributed by atoms with van der Waals surface area (Å²) in [4.78, 5) is 12.4. The number of amides is 1. The van der Waals surface area contributed by atoms with Gasteiger partial charge in [-0.25, -0.2) is 12.8 Å². The highest BCUT2D eigenvalue weighted by molar-refractivity contribution is 7.92. The molecule has 0 atom stereocenters. The quantitative estimate of drug-likeness (QED) is 0.617. The van der Waals surface area contributed by atoms with E-state index in [1.165, 1.54) is 12.1 Å². The molecule has 29 heavy (non-hydrogen) atoms. The summed E-state index contributed by atoms with van der Waals surface area (Å²) >= 11 is 0. The maximum Gasteiger partial charge on any atom is 0.264 e.